The number of rotatable bonds is 4. The number of carboxylic acid groups (broad SMARTS) is 1. The molecule has 2 aromatic rings. The SMILES string of the molecule is O=C(O)Cn1cc(C(=O)Nc2nc3c(s2)CCC3)nn1. The second-order valence-electron chi connectivity index (χ2n) is 4.39. The number of aryl methyl sites for hydroxylation is 2. The number of aromatic nitrogens is 4. The maximum Gasteiger partial charge on any atom is 0.325 e. The predicted molar refractivity (Wildman–Crippen MR) is 69.8 cm³/mol. The summed E-state index contributed by atoms with van der Waals surface area (Å²) in [6.45, 7) is -0.328. The van der Waals surface area contributed by atoms with Crippen LogP contribution in [0.4, 0.5) is 5.13 Å². The minimum atomic E-state index is -1.04. The van der Waals surface area contributed by atoms with Crippen LogP contribution in [0.2, 0.25) is 0 Å². The van der Waals surface area contributed by atoms with Crippen LogP contribution in [0.5, 0.6) is 0 Å². The zero-order chi connectivity index (χ0) is 14.1. The Morgan fingerprint density at radius 2 is 2.30 bits per heavy atom. The third-order valence-corrected chi connectivity index (χ3v) is 3.96. The first-order valence-corrected chi connectivity index (χ1v) is 6.85. The van der Waals surface area contributed by atoms with Crippen LogP contribution in [-0.4, -0.2) is 37.0 Å². The van der Waals surface area contributed by atoms with Crippen molar-refractivity contribution < 1.29 is 14.7 Å². The molecule has 0 saturated heterocycles. The summed E-state index contributed by atoms with van der Waals surface area (Å²) < 4.78 is 1.10. The summed E-state index contributed by atoms with van der Waals surface area (Å²) in [6.07, 6.45) is 4.38. The van der Waals surface area contributed by atoms with Crippen molar-refractivity contribution >= 4 is 28.3 Å². The number of nitrogens with one attached hydrogen (secondary N) is 1. The van der Waals surface area contributed by atoms with Crippen molar-refractivity contribution in [3.05, 3.63) is 22.5 Å². The number of carboxylic acids is 1. The highest BCUT2D eigenvalue weighted by molar-refractivity contribution is 7.15. The van der Waals surface area contributed by atoms with Crippen molar-refractivity contribution in [2.24, 2.45) is 0 Å². The van der Waals surface area contributed by atoms with Gasteiger partial charge < -0.3 is 5.11 Å². The van der Waals surface area contributed by atoms with Crippen LogP contribution in [0.3, 0.4) is 0 Å². The Balaban J connectivity index is 1.69. The minimum absolute atomic E-state index is 0.0709. The maximum absolute atomic E-state index is 11.9. The molecule has 0 bridgehead atoms. The lowest BCUT2D eigenvalue weighted by Crippen LogP contribution is -2.12. The van der Waals surface area contributed by atoms with Crippen LogP contribution < -0.4 is 5.32 Å². The molecule has 0 aliphatic heterocycles. The molecule has 0 radical (unpaired) electrons. The Morgan fingerprint density at radius 3 is 3.05 bits per heavy atom. The molecule has 9 heteroatoms. The molecule has 0 fully saturated rings. The molecule has 0 spiro atoms. The summed E-state index contributed by atoms with van der Waals surface area (Å²) in [5, 5.41) is 19.0. The van der Waals surface area contributed by atoms with Crippen LogP contribution in [-0.2, 0) is 24.2 Å². The summed E-state index contributed by atoms with van der Waals surface area (Å²) in [5.74, 6) is -1.48. The van der Waals surface area contributed by atoms with Gasteiger partial charge in [-0.25, -0.2) is 9.67 Å². The Kier molecular flexibility index (Phi) is 3.18. The van der Waals surface area contributed by atoms with E-state index in [2.05, 4.69) is 20.6 Å². The average Bonchev–Trinajstić information content (AvgIpc) is 3.02. The van der Waals surface area contributed by atoms with Gasteiger partial charge in [-0.2, -0.15) is 0 Å². The van der Waals surface area contributed by atoms with Crippen LogP contribution in [0, 0.1) is 0 Å². The third-order valence-electron chi connectivity index (χ3n) is 2.88. The van der Waals surface area contributed by atoms with E-state index in [0.717, 1.165) is 29.6 Å². The van der Waals surface area contributed by atoms with Crippen LogP contribution in [0.15, 0.2) is 6.20 Å². The minimum Gasteiger partial charge on any atom is -0.480 e. The molecular formula is C11H11N5O3S. The van der Waals surface area contributed by atoms with Crippen molar-refractivity contribution in [3.8, 4) is 0 Å². The highest BCUT2D eigenvalue weighted by Gasteiger charge is 2.19. The first-order chi connectivity index (χ1) is 9.61. The zero-order valence-electron chi connectivity index (χ0n) is 10.4. The van der Waals surface area contributed by atoms with Gasteiger partial charge in [0.15, 0.2) is 10.8 Å². The van der Waals surface area contributed by atoms with E-state index in [9.17, 15) is 9.59 Å². The van der Waals surface area contributed by atoms with Crippen molar-refractivity contribution in [2.45, 2.75) is 25.8 Å². The number of fused-ring (bicyclic) bond motifs is 1. The van der Waals surface area contributed by atoms with Gasteiger partial charge in [0.2, 0.25) is 0 Å². The standard InChI is InChI=1S/C11H11N5O3S/c17-9(18)5-16-4-7(14-15-16)10(19)13-11-12-6-2-1-3-8(6)20-11/h4H,1-3,5H2,(H,17,18)(H,12,13,19). The fourth-order valence-electron chi connectivity index (χ4n) is 2.02. The Hall–Kier alpha value is -2.29. The van der Waals surface area contributed by atoms with Gasteiger partial charge in [-0.1, -0.05) is 5.21 Å². The monoisotopic (exact) mass is 293 g/mol. The van der Waals surface area contributed by atoms with Gasteiger partial charge in [0, 0.05) is 4.88 Å². The fraction of sp³-hybridized carbons (Fsp3) is 0.364. The number of amides is 1. The van der Waals surface area contributed by atoms with E-state index in [-0.39, 0.29) is 12.2 Å². The van der Waals surface area contributed by atoms with E-state index in [0.29, 0.717) is 5.13 Å². The van der Waals surface area contributed by atoms with Crippen molar-refractivity contribution in [1.82, 2.24) is 20.0 Å². The van der Waals surface area contributed by atoms with E-state index in [1.165, 1.54) is 22.4 Å². The second-order valence-corrected chi connectivity index (χ2v) is 5.48. The lowest BCUT2D eigenvalue weighted by atomic mass is 10.4. The van der Waals surface area contributed by atoms with Crippen molar-refractivity contribution in [2.75, 3.05) is 5.32 Å². The largest absolute Gasteiger partial charge is 0.480 e. The quantitative estimate of drug-likeness (QED) is 0.852. The summed E-state index contributed by atoms with van der Waals surface area (Å²) in [4.78, 5) is 28.0. The second kappa shape index (κ2) is 5.00. The van der Waals surface area contributed by atoms with Gasteiger partial charge in [-0.15, -0.1) is 16.4 Å². The van der Waals surface area contributed by atoms with Gasteiger partial charge in [0.1, 0.15) is 6.54 Å². The number of aliphatic carboxylic acids is 1. The smallest absolute Gasteiger partial charge is 0.325 e. The molecule has 0 saturated carbocycles. The number of carbonyl (C=O) groups is 2. The van der Waals surface area contributed by atoms with E-state index in [1.807, 2.05) is 0 Å². The molecule has 2 aromatic heterocycles. The van der Waals surface area contributed by atoms with Gasteiger partial charge in [0.25, 0.3) is 5.91 Å². The zero-order valence-corrected chi connectivity index (χ0v) is 11.2. The normalized spacial score (nSPS) is 13.2. The first-order valence-electron chi connectivity index (χ1n) is 6.03. The number of hydrogen-bond donors (Lipinski definition) is 2. The van der Waals surface area contributed by atoms with Crippen molar-refractivity contribution in [3.63, 3.8) is 0 Å². The summed E-state index contributed by atoms with van der Waals surface area (Å²) >= 11 is 1.47. The maximum atomic E-state index is 11.9. The lowest BCUT2D eigenvalue weighted by molar-refractivity contribution is -0.137. The highest BCUT2D eigenvalue weighted by atomic mass is 32.1. The fourth-order valence-corrected chi connectivity index (χ4v) is 3.07. The van der Waals surface area contributed by atoms with Crippen molar-refractivity contribution in [1.29, 1.82) is 0 Å². The highest BCUT2D eigenvalue weighted by Crippen LogP contribution is 2.30. The average molecular weight is 293 g/mol. The molecule has 0 unspecified atom stereocenters. The molecule has 1 aliphatic rings. The molecular weight excluding hydrogens is 282 g/mol. The van der Waals surface area contributed by atoms with Crippen LogP contribution in [0.1, 0.15) is 27.5 Å². The third kappa shape index (κ3) is 2.52. The Bertz CT molecular complexity index is 656. The topological polar surface area (TPSA) is 110 Å². The van der Waals surface area contributed by atoms with Gasteiger partial charge in [0.05, 0.1) is 11.9 Å². The summed E-state index contributed by atoms with van der Waals surface area (Å²) in [5.41, 5.74) is 1.13. The molecule has 0 atom stereocenters. The molecule has 104 valence electrons. The molecule has 2 heterocycles. The molecule has 20 heavy (non-hydrogen) atoms. The predicted octanol–water partition coefficient (Wildman–Crippen LogP) is 0.560. The first kappa shape index (κ1) is 12.7. The molecule has 3 rings (SSSR count). The number of hydrogen-bond acceptors (Lipinski definition) is 6. The number of anilines is 1. The van der Waals surface area contributed by atoms with E-state index >= 15 is 0 Å². The van der Waals surface area contributed by atoms with E-state index in [4.69, 9.17) is 5.11 Å². The number of carbonyl (C=O) groups excluding carboxylic acids is 1. The Morgan fingerprint density at radius 1 is 1.45 bits per heavy atom. The van der Waals surface area contributed by atoms with Gasteiger partial charge >= 0.3 is 5.97 Å². The van der Waals surface area contributed by atoms with E-state index < -0.39 is 11.9 Å². The van der Waals surface area contributed by atoms with Crippen LogP contribution >= 0.6 is 11.3 Å². The summed E-state index contributed by atoms with van der Waals surface area (Å²) in [7, 11) is 0. The molecule has 1 aliphatic carbocycles. The number of nitrogens with zero attached hydrogens (tertiary/aromatic N) is 4. The Labute approximate surface area is 117 Å². The lowest BCUT2D eigenvalue weighted by Gasteiger charge is -1.97. The molecule has 1 amide bonds. The van der Waals surface area contributed by atoms with Crippen LogP contribution in [0.25, 0.3) is 0 Å². The van der Waals surface area contributed by atoms with Gasteiger partial charge in [-0.3, -0.25) is 14.9 Å². The molecule has 0 aromatic carbocycles. The van der Waals surface area contributed by atoms with Gasteiger partial charge in [-0.05, 0) is 19.3 Å². The summed E-state index contributed by atoms with van der Waals surface area (Å²) in [6, 6.07) is 0. The molecule has 8 nitrogen and oxygen atoms in total. The molecule has 2 N–H and O–H groups in total. The van der Waals surface area contributed by atoms with E-state index in [1.54, 1.807) is 0 Å². The number of thiazole rings is 1.